The van der Waals surface area contributed by atoms with Crippen LogP contribution >= 0.6 is 0 Å². The minimum Gasteiger partial charge on any atom is -0.493 e. The minimum absolute atomic E-state index is 0.138. The van der Waals surface area contributed by atoms with Crippen LogP contribution in [0.15, 0.2) is 30.3 Å². The van der Waals surface area contributed by atoms with Crippen LogP contribution in [0, 0.1) is 0 Å². The van der Waals surface area contributed by atoms with E-state index in [0.717, 1.165) is 18.8 Å². The molecule has 2 rings (SSSR count). The van der Waals surface area contributed by atoms with Crippen molar-refractivity contribution in [1.82, 2.24) is 9.91 Å². The van der Waals surface area contributed by atoms with Gasteiger partial charge in [0, 0.05) is 26.2 Å². The number of para-hydroxylation sites is 1. The number of nitrogens with zero attached hydrogens (tertiary/aromatic N) is 2. The van der Waals surface area contributed by atoms with Crippen LogP contribution in [0.25, 0.3) is 0 Å². The molecule has 0 atom stereocenters. The van der Waals surface area contributed by atoms with Gasteiger partial charge < -0.3 is 9.64 Å². The van der Waals surface area contributed by atoms with Crippen molar-refractivity contribution in [3.05, 3.63) is 30.3 Å². The van der Waals surface area contributed by atoms with Crippen LogP contribution in [0.2, 0.25) is 0 Å². The van der Waals surface area contributed by atoms with E-state index in [1.54, 1.807) is 5.01 Å². The molecule has 1 aromatic carbocycles. The Morgan fingerprint density at radius 2 is 1.83 bits per heavy atom. The van der Waals surface area contributed by atoms with Crippen LogP contribution in [0.4, 0.5) is 0 Å². The molecular formula is C13H19N3O2. The van der Waals surface area contributed by atoms with Gasteiger partial charge in [-0.05, 0) is 12.1 Å². The fourth-order valence-electron chi connectivity index (χ4n) is 1.90. The summed E-state index contributed by atoms with van der Waals surface area (Å²) in [6.45, 7) is 3.32. The molecule has 0 aliphatic carbocycles. The molecular weight excluding hydrogens is 230 g/mol. The molecule has 0 saturated carbocycles. The van der Waals surface area contributed by atoms with Gasteiger partial charge in [0.1, 0.15) is 5.75 Å². The number of rotatable bonds is 4. The molecule has 5 heteroatoms. The molecule has 1 fully saturated rings. The van der Waals surface area contributed by atoms with E-state index in [-0.39, 0.29) is 5.91 Å². The Balaban J connectivity index is 1.69. The van der Waals surface area contributed by atoms with E-state index in [2.05, 4.69) is 0 Å². The lowest BCUT2D eigenvalue weighted by atomic mass is 10.3. The summed E-state index contributed by atoms with van der Waals surface area (Å²) < 4.78 is 5.51. The Kier molecular flexibility index (Phi) is 4.55. The lowest BCUT2D eigenvalue weighted by Gasteiger charge is -2.32. The number of carbonyl (C=O) groups is 1. The Morgan fingerprint density at radius 1 is 1.17 bits per heavy atom. The lowest BCUT2D eigenvalue weighted by molar-refractivity contribution is -0.133. The summed E-state index contributed by atoms with van der Waals surface area (Å²) in [5, 5.41) is 1.74. The van der Waals surface area contributed by atoms with Gasteiger partial charge in [-0.1, -0.05) is 18.2 Å². The molecule has 18 heavy (non-hydrogen) atoms. The van der Waals surface area contributed by atoms with Crippen molar-refractivity contribution in [3.8, 4) is 5.75 Å². The second kappa shape index (κ2) is 6.37. The summed E-state index contributed by atoms with van der Waals surface area (Å²) in [4.78, 5) is 13.7. The monoisotopic (exact) mass is 249 g/mol. The average Bonchev–Trinajstić information content (AvgIpc) is 2.40. The molecule has 1 aliphatic rings. The van der Waals surface area contributed by atoms with E-state index in [1.165, 1.54) is 0 Å². The van der Waals surface area contributed by atoms with Crippen LogP contribution in [-0.2, 0) is 4.79 Å². The molecule has 1 aliphatic heterocycles. The first-order valence-corrected chi connectivity index (χ1v) is 6.21. The second-order valence-corrected chi connectivity index (χ2v) is 4.33. The number of piperazine rings is 1. The Bertz CT molecular complexity index is 375. The van der Waals surface area contributed by atoms with Gasteiger partial charge in [0.25, 0.3) is 0 Å². The van der Waals surface area contributed by atoms with Gasteiger partial charge in [-0.25, -0.2) is 5.01 Å². The molecule has 1 heterocycles. The number of ether oxygens (including phenoxy) is 1. The van der Waals surface area contributed by atoms with E-state index < -0.39 is 0 Å². The summed E-state index contributed by atoms with van der Waals surface area (Å²) in [5.41, 5.74) is 0. The largest absolute Gasteiger partial charge is 0.493 e. The predicted molar refractivity (Wildman–Crippen MR) is 68.9 cm³/mol. The molecule has 0 bridgehead atoms. The van der Waals surface area contributed by atoms with Crippen molar-refractivity contribution in [1.29, 1.82) is 0 Å². The molecule has 1 aromatic rings. The number of carbonyl (C=O) groups excluding carboxylic acids is 1. The lowest BCUT2D eigenvalue weighted by Crippen LogP contribution is -2.51. The van der Waals surface area contributed by atoms with Crippen molar-refractivity contribution in [3.63, 3.8) is 0 Å². The molecule has 5 nitrogen and oxygen atoms in total. The maximum Gasteiger partial charge on any atom is 0.226 e. The van der Waals surface area contributed by atoms with E-state index in [9.17, 15) is 4.79 Å². The van der Waals surface area contributed by atoms with Crippen LogP contribution in [0.3, 0.4) is 0 Å². The van der Waals surface area contributed by atoms with E-state index in [1.807, 2.05) is 35.2 Å². The summed E-state index contributed by atoms with van der Waals surface area (Å²) in [7, 11) is 0. The van der Waals surface area contributed by atoms with Gasteiger partial charge in [-0.3, -0.25) is 10.6 Å². The zero-order valence-electron chi connectivity index (χ0n) is 10.4. The molecule has 1 saturated heterocycles. The van der Waals surface area contributed by atoms with Crippen LogP contribution < -0.4 is 10.6 Å². The third kappa shape index (κ3) is 3.72. The van der Waals surface area contributed by atoms with E-state index in [4.69, 9.17) is 10.6 Å². The van der Waals surface area contributed by atoms with Crippen molar-refractivity contribution < 1.29 is 9.53 Å². The normalized spacial score (nSPS) is 16.6. The van der Waals surface area contributed by atoms with E-state index >= 15 is 0 Å². The maximum absolute atomic E-state index is 11.9. The SMILES string of the molecule is NN1CCN(C(=O)CCOc2ccccc2)CC1. The standard InChI is InChI=1S/C13H19N3O2/c14-16-9-7-15(8-10-16)13(17)6-11-18-12-4-2-1-3-5-12/h1-5H,6-11,14H2. The van der Waals surface area contributed by atoms with Gasteiger partial charge in [-0.2, -0.15) is 0 Å². The van der Waals surface area contributed by atoms with Crippen LogP contribution in [0.1, 0.15) is 6.42 Å². The third-order valence-electron chi connectivity index (χ3n) is 2.99. The zero-order valence-corrected chi connectivity index (χ0v) is 10.4. The Morgan fingerprint density at radius 3 is 2.50 bits per heavy atom. The molecule has 2 N–H and O–H groups in total. The quantitative estimate of drug-likeness (QED) is 0.788. The van der Waals surface area contributed by atoms with Crippen LogP contribution in [0.5, 0.6) is 5.75 Å². The topological polar surface area (TPSA) is 58.8 Å². The second-order valence-electron chi connectivity index (χ2n) is 4.33. The number of hydrogen-bond donors (Lipinski definition) is 1. The van der Waals surface area contributed by atoms with Gasteiger partial charge in [0.2, 0.25) is 5.91 Å². The third-order valence-corrected chi connectivity index (χ3v) is 2.99. The Labute approximate surface area is 107 Å². The highest BCUT2D eigenvalue weighted by molar-refractivity contribution is 5.76. The highest BCUT2D eigenvalue weighted by Gasteiger charge is 2.18. The first-order valence-electron chi connectivity index (χ1n) is 6.21. The van der Waals surface area contributed by atoms with Crippen molar-refractivity contribution in [2.24, 2.45) is 5.84 Å². The van der Waals surface area contributed by atoms with Crippen molar-refractivity contribution in [2.75, 3.05) is 32.8 Å². The fraction of sp³-hybridized carbons (Fsp3) is 0.462. The van der Waals surface area contributed by atoms with Crippen molar-refractivity contribution >= 4 is 5.91 Å². The van der Waals surface area contributed by atoms with Gasteiger partial charge >= 0.3 is 0 Å². The van der Waals surface area contributed by atoms with E-state index in [0.29, 0.717) is 26.1 Å². The van der Waals surface area contributed by atoms with Crippen LogP contribution in [-0.4, -0.2) is 48.6 Å². The van der Waals surface area contributed by atoms with Gasteiger partial charge in [0.15, 0.2) is 0 Å². The molecule has 0 radical (unpaired) electrons. The number of hydrazine groups is 1. The minimum atomic E-state index is 0.138. The number of hydrogen-bond acceptors (Lipinski definition) is 4. The molecule has 0 aromatic heterocycles. The Hall–Kier alpha value is -1.59. The van der Waals surface area contributed by atoms with Crippen molar-refractivity contribution in [2.45, 2.75) is 6.42 Å². The summed E-state index contributed by atoms with van der Waals surface area (Å²) in [6, 6.07) is 9.54. The summed E-state index contributed by atoms with van der Waals surface area (Å²) in [5.74, 6) is 6.58. The average molecular weight is 249 g/mol. The summed E-state index contributed by atoms with van der Waals surface area (Å²) in [6.07, 6.45) is 0.416. The highest BCUT2D eigenvalue weighted by Crippen LogP contribution is 2.09. The van der Waals surface area contributed by atoms with Gasteiger partial charge in [-0.15, -0.1) is 0 Å². The number of nitrogens with two attached hydrogens (primary N) is 1. The number of amides is 1. The zero-order chi connectivity index (χ0) is 12.8. The highest BCUT2D eigenvalue weighted by atomic mass is 16.5. The first-order chi connectivity index (χ1) is 8.75. The predicted octanol–water partition coefficient (Wildman–Crippen LogP) is 0.473. The van der Waals surface area contributed by atoms with Gasteiger partial charge in [0.05, 0.1) is 13.0 Å². The fourth-order valence-corrected chi connectivity index (χ4v) is 1.90. The molecule has 98 valence electrons. The molecule has 1 amide bonds. The summed E-state index contributed by atoms with van der Waals surface area (Å²) >= 11 is 0. The molecule has 0 spiro atoms. The maximum atomic E-state index is 11.9. The first kappa shape index (κ1) is 12.9. The molecule has 0 unspecified atom stereocenters. The smallest absolute Gasteiger partial charge is 0.226 e. The number of benzene rings is 1.